The molecule has 1 amide bonds. The number of fused-ring (bicyclic) bond motifs is 1. The average molecular weight is 356 g/mol. The molecule has 27 heavy (non-hydrogen) atoms. The van der Waals surface area contributed by atoms with Crippen molar-refractivity contribution in [2.45, 2.75) is 0 Å². The van der Waals surface area contributed by atoms with Crippen LogP contribution in [0.2, 0.25) is 0 Å². The number of aromatic amines is 1. The van der Waals surface area contributed by atoms with E-state index >= 15 is 0 Å². The Balaban J connectivity index is 1.86. The molecule has 0 saturated heterocycles. The molecule has 2 aromatic heterocycles. The molecule has 6 nitrogen and oxygen atoms in total. The Morgan fingerprint density at radius 2 is 2.11 bits per heavy atom. The zero-order chi connectivity index (χ0) is 18.8. The van der Waals surface area contributed by atoms with Crippen LogP contribution < -0.4 is 15.8 Å². The lowest BCUT2D eigenvalue weighted by molar-refractivity contribution is -0.110. The van der Waals surface area contributed by atoms with Crippen LogP contribution in [0.15, 0.2) is 48.9 Å². The third kappa shape index (κ3) is 3.02. The number of carbonyl (C=O) groups is 1. The van der Waals surface area contributed by atoms with Crippen molar-refractivity contribution in [1.82, 2.24) is 9.97 Å². The minimum Gasteiger partial charge on any atom is -0.495 e. The van der Waals surface area contributed by atoms with Gasteiger partial charge in [-0.2, -0.15) is 0 Å². The van der Waals surface area contributed by atoms with Gasteiger partial charge in [0.05, 0.1) is 29.6 Å². The van der Waals surface area contributed by atoms with E-state index in [1.54, 1.807) is 50.0 Å². The summed E-state index contributed by atoms with van der Waals surface area (Å²) in [4.78, 5) is 19.7. The second kappa shape index (κ2) is 6.73. The van der Waals surface area contributed by atoms with Gasteiger partial charge in [0, 0.05) is 35.4 Å². The van der Waals surface area contributed by atoms with Crippen molar-refractivity contribution in [2.75, 3.05) is 18.2 Å². The monoisotopic (exact) mass is 356 g/mol. The average Bonchev–Trinajstić information content (AvgIpc) is 3.26. The molecule has 1 aliphatic heterocycles. The molecule has 1 aliphatic rings. The predicted molar refractivity (Wildman–Crippen MR) is 105 cm³/mol. The van der Waals surface area contributed by atoms with Crippen molar-refractivity contribution in [3.63, 3.8) is 0 Å². The van der Waals surface area contributed by atoms with E-state index in [2.05, 4.69) is 27.1 Å². The van der Waals surface area contributed by atoms with Gasteiger partial charge in [0.25, 0.3) is 5.91 Å². The Hall–Kier alpha value is -3.98. The van der Waals surface area contributed by atoms with Crippen molar-refractivity contribution in [3.8, 4) is 17.6 Å². The molecule has 0 aliphatic carbocycles. The molecule has 0 radical (unpaired) electrons. The fourth-order valence-electron chi connectivity index (χ4n) is 2.95. The third-order valence-electron chi connectivity index (χ3n) is 4.24. The molecule has 0 bridgehead atoms. The number of pyridine rings is 1. The minimum atomic E-state index is -0.211. The van der Waals surface area contributed by atoms with Gasteiger partial charge in [-0.05, 0) is 36.4 Å². The summed E-state index contributed by atoms with van der Waals surface area (Å²) < 4.78 is 5.31. The van der Waals surface area contributed by atoms with Crippen LogP contribution in [-0.4, -0.2) is 23.0 Å². The molecule has 6 heteroatoms. The second-order valence-electron chi connectivity index (χ2n) is 5.92. The summed E-state index contributed by atoms with van der Waals surface area (Å²) in [5, 5.41) is 2.87. The molecule has 0 fully saturated rings. The molecule has 0 atom stereocenters. The number of aromatic nitrogens is 2. The first kappa shape index (κ1) is 16.5. The Labute approximate surface area is 156 Å². The van der Waals surface area contributed by atoms with Crippen molar-refractivity contribution >= 4 is 28.9 Å². The summed E-state index contributed by atoms with van der Waals surface area (Å²) in [5.74, 6) is 6.59. The first-order chi connectivity index (χ1) is 13.2. The van der Waals surface area contributed by atoms with Crippen molar-refractivity contribution < 1.29 is 9.53 Å². The number of carbonyl (C=O) groups excluding carboxylic acids is 1. The van der Waals surface area contributed by atoms with E-state index in [4.69, 9.17) is 10.5 Å². The molecule has 1 aromatic carbocycles. The molecule has 0 unspecified atom stereocenters. The van der Waals surface area contributed by atoms with E-state index in [9.17, 15) is 4.79 Å². The minimum absolute atomic E-state index is 0.211. The first-order valence-corrected chi connectivity index (χ1v) is 8.26. The Kier molecular flexibility index (Phi) is 4.11. The number of nitrogens with zero attached hydrogens (tertiary/aromatic N) is 1. The van der Waals surface area contributed by atoms with Crippen molar-refractivity contribution in [2.24, 2.45) is 0 Å². The highest BCUT2D eigenvalue weighted by Crippen LogP contribution is 2.38. The smallest absolute Gasteiger partial charge is 0.256 e. The van der Waals surface area contributed by atoms with E-state index in [0.717, 1.165) is 5.56 Å². The lowest BCUT2D eigenvalue weighted by Gasteiger charge is -2.06. The van der Waals surface area contributed by atoms with Gasteiger partial charge in [0.1, 0.15) is 5.75 Å². The number of methoxy groups -OCH3 is 1. The normalized spacial score (nSPS) is 13.7. The summed E-state index contributed by atoms with van der Waals surface area (Å²) in [6, 6.07) is 9.00. The Morgan fingerprint density at radius 3 is 2.89 bits per heavy atom. The number of anilines is 2. The highest BCUT2D eigenvalue weighted by Gasteiger charge is 2.28. The highest BCUT2D eigenvalue weighted by atomic mass is 16.5. The van der Waals surface area contributed by atoms with E-state index in [1.807, 2.05) is 12.1 Å². The van der Waals surface area contributed by atoms with Crippen LogP contribution in [0, 0.1) is 11.8 Å². The summed E-state index contributed by atoms with van der Waals surface area (Å²) >= 11 is 0. The molecule has 3 heterocycles. The van der Waals surface area contributed by atoms with Crippen LogP contribution in [-0.2, 0) is 4.79 Å². The number of nitrogens with two attached hydrogens (primary N) is 1. The number of nitrogens with one attached hydrogen (secondary N) is 2. The van der Waals surface area contributed by atoms with Crippen LogP contribution in [0.5, 0.6) is 5.75 Å². The highest BCUT2D eigenvalue weighted by molar-refractivity contribution is 6.35. The first-order valence-electron chi connectivity index (χ1n) is 8.26. The SMILES string of the molecule is COc1cc[nH]c1C=C1C(=O)Nc2ccc(N)c(C#Cc3cccnc3)c21. The standard InChI is InChI=1S/C21H16N4O2/c1-27-19-8-10-24-18(19)11-15-20-14(5-4-13-3-2-9-23-12-13)16(22)6-7-17(20)25-21(15)26/h2-3,6-12,24H,22H2,1H3,(H,25,26). The van der Waals surface area contributed by atoms with Crippen molar-refractivity contribution in [1.29, 1.82) is 0 Å². The maximum atomic E-state index is 12.6. The van der Waals surface area contributed by atoms with Gasteiger partial charge < -0.3 is 20.8 Å². The maximum absolute atomic E-state index is 12.6. The number of nitrogen functional groups attached to an aromatic ring is 1. The molecule has 0 saturated carbocycles. The van der Waals surface area contributed by atoms with E-state index in [0.29, 0.717) is 39.5 Å². The fraction of sp³-hybridized carbons (Fsp3) is 0.0476. The fourth-order valence-corrected chi connectivity index (χ4v) is 2.95. The van der Waals surface area contributed by atoms with Gasteiger partial charge >= 0.3 is 0 Å². The van der Waals surface area contributed by atoms with Gasteiger partial charge in [0.2, 0.25) is 0 Å². The van der Waals surface area contributed by atoms with E-state index in [1.165, 1.54) is 0 Å². The van der Waals surface area contributed by atoms with Gasteiger partial charge in [-0.15, -0.1) is 0 Å². The summed E-state index contributed by atoms with van der Waals surface area (Å²) in [5.41, 5.74) is 10.6. The summed E-state index contributed by atoms with van der Waals surface area (Å²) in [7, 11) is 1.58. The molecule has 0 spiro atoms. The number of hydrogen-bond donors (Lipinski definition) is 3. The number of H-pyrrole nitrogens is 1. The number of ether oxygens (including phenoxy) is 1. The largest absolute Gasteiger partial charge is 0.495 e. The second-order valence-corrected chi connectivity index (χ2v) is 5.92. The molecule has 3 aromatic rings. The van der Waals surface area contributed by atoms with Crippen molar-refractivity contribution in [3.05, 3.63) is 71.3 Å². The molecular formula is C21H16N4O2. The lowest BCUT2D eigenvalue weighted by Crippen LogP contribution is -2.03. The zero-order valence-corrected chi connectivity index (χ0v) is 14.5. The quantitative estimate of drug-likeness (QED) is 0.374. The lowest BCUT2D eigenvalue weighted by atomic mass is 9.98. The van der Waals surface area contributed by atoms with Gasteiger partial charge in [0.15, 0.2) is 0 Å². The Bertz CT molecular complexity index is 1120. The Morgan fingerprint density at radius 1 is 1.22 bits per heavy atom. The zero-order valence-electron chi connectivity index (χ0n) is 14.5. The number of hydrogen-bond acceptors (Lipinski definition) is 4. The third-order valence-corrected chi connectivity index (χ3v) is 4.24. The molecule has 132 valence electrons. The van der Waals surface area contributed by atoms with E-state index < -0.39 is 0 Å². The number of rotatable bonds is 2. The van der Waals surface area contributed by atoms with Crippen LogP contribution in [0.3, 0.4) is 0 Å². The van der Waals surface area contributed by atoms with Crippen LogP contribution in [0.4, 0.5) is 11.4 Å². The summed E-state index contributed by atoms with van der Waals surface area (Å²) in [6.07, 6.45) is 6.86. The molecule has 4 rings (SSSR count). The topological polar surface area (TPSA) is 93.0 Å². The van der Waals surface area contributed by atoms with Crippen LogP contribution in [0.25, 0.3) is 11.6 Å². The maximum Gasteiger partial charge on any atom is 0.256 e. The van der Waals surface area contributed by atoms with Gasteiger partial charge in [-0.25, -0.2) is 0 Å². The number of benzene rings is 1. The van der Waals surface area contributed by atoms with Gasteiger partial charge in [-0.1, -0.05) is 11.8 Å². The molecular weight excluding hydrogens is 340 g/mol. The summed E-state index contributed by atoms with van der Waals surface area (Å²) in [6.45, 7) is 0. The van der Waals surface area contributed by atoms with Crippen LogP contribution in [0.1, 0.15) is 22.4 Å². The van der Waals surface area contributed by atoms with Gasteiger partial charge in [-0.3, -0.25) is 9.78 Å². The van der Waals surface area contributed by atoms with E-state index in [-0.39, 0.29) is 5.91 Å². The predicted octanol–water partition coefficient (Wildman–Crippen LogP) is 2.89. The number of amides is 1. The molecule has 4 N–H and O–H groups in total. The van der Waals surface area contributed by atoms with Crippen LogP contribution >= 0.6 is 0 Å².